The fourth-order valence-electron chi connectivity index (χ4n) is 2.40. The second-order valence-corrected chi connectivity index (χ2v) is 4.92. The van der Waals surface area contributed by atoms with Crippen molar-refractivity contribution >= 4 is 11.6 Å². The lowest BCUT2D eigenvalue weighted by atomic mass is 10.2. The van der Waals surface area contributed by atoms with Crippen LogP contribution < -0.4 is 9.64 Å². The first-order valence-corrected chi connectivity index (χ1v) is 6.90. The molecule has 102 valence electrons. The number of hydrogen-bond donors (Lipinski definition) is 0. The molecule has 3 rings (SSSR count). The van der Waals surface area contributed by atoms with E-state index in [0.29, 0.717) is 13.0 Å². The maximum absolute atomic E-state index is 11.8. The van der Waals surface area contributed by atoms with Gasteiger partial charge in [-0.3, -0.25) is 4.79 Å². The van der Waals surface area contributed by atoms with Crippen molar-refractivity contribution in [3.63, 3.8) is 0 Å². The minimum absolute atomic E-state index is 0.199. The first-order valence-electron chi connectivity index (χ1n) is 6.90. The lowest BCUT2D eigenvalue weighted by Gasteiger charge is -2.16. The number of carbonyl (C=O) groups excluding carboxylic acids is 1. The third-order valence-electron chi connectivity index (χ3n) is 3.45. The van der Waals surface area contributed by atoms with Crippen LogP contribution in [0.3, 0.4) is 0 Å². The molecular weight excluding hydrogens is 250 g/mol. The zero-order chi connectivity index (χ0) is 13.8. The van der Waals surface area contributed by atoms with Gasteiger partial charge in [0.15, 0.2) is 0 Å². The third kappa shape index (κ3) is 2.82. The molecule has 0 aliphatic carbocycles. The molecule has 0 atom stereocenters. The van der Waals surface area contributed by atoms with Crippen LogP contribution in [0.2, 0.25) is 0 Å². The van der Waals surface area contributed by atoms with Gasteiger partial charge in [0.05, 0.1) is 0 Å². The Bertz CT molecular complexity index is 595. The van der Waals surface area contributed by atoms with Gasteiger partial charge < -0.3 is 9.64 Å². The summed E-state index contributed by atoms with van der Waals surface area (Å²) in [6.07, 6.45) is 1.59. The average molecular weight is 267 g/mol. The molecule has 2 aromatic carbocycles. The van der Waals surface area contributed by atoms with Gasteiger partial charge in [0.25, 0.3) is 0 Å². The molecule has 0 N–H and O–H groups in total. The van der Waals surface area contributed by atoms with E-state index in [9.17, 15) is 4.79 Å². The number of benzene rings is 2. The highest BCUT2D eigenvalue weighted by Gasteiger charge is 2.21. The lowest BCUT2D eigenvalue weighted by molar-refractivity contribution is -0.117. The van der Waals surface area contributed by atoms with Crippen LogP contribution in [0.1, 0.15) is 18.4 Å². The summed E-state index contributed by atoms with van der Waals surface area (Å²) >= 11 is 0. The van der Waals surface area contributed by atoms with E-state index in [4.69, 9.17) is 4.74 Å². The molecule has 3 heteroatoms. The first-order chi connectivity index (χ1) is 9.83. The molecule has 0 saturated carbocycles. The smallest absolute Gasteiger partial charge is 0.227 e. The highest BCUT2D eigenvalue weighted by molar-refractivity contribution is 5.95. The molecule has 1 heterocycles. The molecule has 0 unspecified atom stereocenters. The number of carbonyl (C=O) groups is 1. The van der Waals surface area contributed by atoms with Crippen LogP contribution in [0, 0.1) is 0 Å². The van der Waals surface area contributed by atoms with E-state index in [0.717, 1.165) is 30.0 Å². The van der Waals surface area contributed by atoms with Gasteiger partial charge in [-0.25, -0.2) is 0 Å². The normalized spacial score (nSPS) is 14.6. The van der Waals surface area contributed by atoms with Crippen molar-refractivity contribution in [3.05, 3.63) is 60.2 Å². The van der Waals surface area contributed by atoms with Gasteiger partial charge in [0.2, 0.25) is 5.91 Å². The molecule has 2 aromatic rings. The van der Waals surface area contributed by atoms with Gasteiger partial charge in [-0.15, -0.1) is 0 Å². The molecule has 3 nitrogen and oxygen atoms in total. The van der Waals surface area contributed by atoms with E-state index >= 15 is 0 Å². The van der Waals surface area contributed by atoms with Crippen molar-refractivity contribution in [2.24, 2.45) is 0 Å². The third-order valence-corrected chi connectivity index (χ3v) is 3.45. The van der Waals surface area contributed by atoms with Crippen molar-refractivity contribution in [2.45, 2.75) is 19.4 Å². The Balaban J connectivity index is 1.70. The monoisotopic (exact) mass is 267 g/mol. The van der Waals surface area contributed by atoms with Crippen LogP contribution in [-0.4, -0.2) is 12.5 Å². The molecule has 0 bridgehead atoms. The minimum Gasteiger partial charge on any atom is -0.489 e. The van der Waals surface area contributed by atoms with Gasteiger partial charge in [-0.2, -0.15) is 0 Å². The SMILES string of the molecule is O=C1CCCN1c1cccc(OCc2ccccc2)c1. The maximum atomic E-state index is 11.8. The predicted octanol–water partition coefficient (Wildman–Crippen LogP) is 3.39. The van der Waals surface area contributed by atoms with E-state index < -0.39 is 0 Å². The number of nitrogens with zero attached hydrogens (tertiary/aromatic N) is 1. The van der Waals surface area contributed by atoms with E-state index in [-0.39, 0.29) is 5.91 Å². The van der Waals surface area contributed by atoms with Crippen LogP contribution in [0.4, 0.5) is 5.69 Å². The summed E-state index contributed by atoms with van der Waals surface area (Å²) in [5.41, 5.74) is 2.06. The first kappa shape index (κ1) is 12.7. The van der Waals surface area contributed by atoms with Crippen LogP contribution in [0.25, 0.3) is 0 Å². The van der Waals surface area contributed by atoms with Crippen molar-refractivity contribution in [1.29, 1.82) is 0 Å². The summed E-state index contributed by atoms with van der Waals surface area (Å²) in [4.78, 5) is 13.6. The minimum atomic E-state index is 0.199. The molecule has 0 spiro atoms. The van der Waals surface area contributed by atoms with Gasteiger partial charge in [-0.05, 0) is 24.1 Å². The standard InChI is InChI=1S/C17H17NO2/c19-17-10-5-11-18(17)15-8-4-9-16(12-15)20-13-14-6-2-1-3-7-14/h1-4,6-9,12H,5,10-11,13H2. The molecule has 1 saturated heterocycles. The topological polar surface area (TPSA) is 29.5 Å². The van der Waals surface area contributed by atoms with E-state index in [1.54, 1.807) is 0 Å². The Labute approximate surface area is 118 Å². The number of hydrogen-bond acceptors (Lipinski definition) is 2. The van der Waals surface area contributed by atoms with Gasteiger partial charge in [0, 0.05) is 24.7 Å². The van der Waals surface area contributed by atoms with E-state index in [1.807, 2.05) is 59.5 Å². The van der Waals surface area contributed by atoms with Crippen LogP contribution in [-0.2, 0) is 11.4 Å². The highest BCUT2D eigenvalue weighted by atomic mass is 16.5. The Morgan fingerprint density at radius 1 is 1.05 bits per heavy atom. The zero-order valence-corrected chi connectivity index (χ0v) is 11.3. The van der Waals surface area contributed by atoms with Crippen LogP contribution in [0.15, 0.2) is 54.6 Å². The fourth-order valence-corrected chi connectivity index (χ4v) is 2.40. The van der Waals surface area contributed by atoms with Gasteiger partial charge >= 0.3 is 0 Å². The van der Waals surface area contributed by atoms with Crippen LogP contribution in [0.5, 0.6) is 5.75 Å². The van der Waals surface area contributed by atoms with Gasteiger partial charge in [-0.1, -0.05) is 36.4 Å². The number of rotatable bonds is 4. The Morgan fingerprint density at radius 3 is 2.65 bits per heavy atom. The van der Waals surface area contributed by atoms with Crippen molar-refractivity contribution in [1.82, 2.24) is 0 Å². The van der Waals surface area contributed by atoms with Crippen LogP contribution >= 0.6 is 0 Å². The Kier molecular flexibility index (Phi) is 3.68. The molecule has 0 aromatic heterocycles. The number of anilines is 1. The van der Waals surface area contributed by atoms with E-state index in [2.05, 4.69) is 0 Å². The molecule has 1 fully saturated rings. The molecule has 1 amide bonds. The second kappa shape index (κ2) is 5.78. The summed E-state index contributed by atoms with van der Waals surface area (Å²) in [5.74, 6) is 0.997. The average Bonchev–Trinajstić information content (AvgIpc) is 2.93. The summed E-state index contributed by atoms with van der Waals surface area (Å²) < 4.78 is 5.79. The molecule has 20 heavy (non-hydrogen) atoms. The fraction of sp³-hybridized carbons (Fsp3) is 0.235. The summed E-state index contributed by atoms with van der Waals surface area (Å²) in [7, 11) is 0. The molecule has 0 radical (unpaired) electrons. The number of amides is 1. The number of ether oxygens (including phenoxy) is 1. The zero-order valence-electron chi connectivity index (χ0n) is 11.3. The largest absolute Gasteiger partial charge is 0.489 e. The van der Waals surface area contributed by atoms with Crippen molar-refractivity contribution < 1.29 is 9.53 Å². The summed E-state index contributed by atoms with van der Waals surface area (Å²) in [6.45, 7) is 1.35. The Morgan fingerprint density at radius 2 is 1.90 bits per heavy atom. The quantitative estimate of drug-likeness (QED) is 0.849. The second-order valence-electron chi connectivity index (χ2n) is 4.92. The van der Waals surface area contributed by atoms with Crippen molar-refractivity contribution in [2.75, 3.05) is 11.4 Å². The lowest BCUT2D eigenvalue weighted by Crippen LogP contribution is -2.23. The summed E-state index contributed by atoms with van der Waals surface area (Å²) in [5, 5.41) is 0. The maximum Gasteiger partial charge on any atom is 0.227 e. The summed E-state index contributed by atoms with van der Waals surface area (Å²) in [6, 6.07) is 17.8. The van der Waals surface area contributed by atoms with Gasteiger partial charge in [0.1, 0.15) is 12.4 Å². The highest BCUT2D eigenvalue weighted by Crippen LogP contribution is 2.25. The molecule has 1 aliphatic rings. The van der Waals surface area contributed by atoms with E-state index in [1.165, 1.54) is 0 Å². The predicted molar refractivity (Wildman–Crippen MR) is 78.8 cm³/mol. The Hall–Kier alpha value is -2.29. The molecule has 1 aliphatic heterocycles. The van der Waals surface area contributed by atoms with Crippen molar-refractivity contribution in [3.8, 4) is 5.75 Å². The molecular formula is C17H17NO2.